The van der Waals surface area contributed by atoms with Crippen LogP contribution in [0.15, 0.2) is 24.4 Å². The van der Waals surface area contributed by atoms with Crippen LogP contribution in [0.2, 0.25) is 5.02 Å². The van der Waals surface area contributed by atoms with Gasteiger partial charge in [-0.25, -0.2) is 4.98 Å². The molecule has 0 aliphatic heterocycles. The molecule has 0 saturated heterocycles. The number of benzene rings is 1. The van der Waals surface area contributed by atoms with E-state index in [9.17, 15) is 0 Å². The fourth-order valence-corrected chi connectivity index (χ4v) is 1.24. The summed E-state index contributed by atoms with van der Waals surface area (Å²) in [6.45, 7) is 5.91. The highest BCUT2D eigenvalue weighted by atomic mass is 35.5. The molecule has 74 valence electrons. The van der Waals surface area contributed by atoms with Crippen molar-refractivity contribution in [1.82, 2.24) is 9.97 Å². The van der Waals surface area contributed by atoms with Gasteiger partial charge in [-0.2, -0.15) is 0 Å². The summed E-state index contributed by atoms with van der Waals surface area (Å²) < 4.78 is 0. The molecule has 0 saturated carbocycles. The van der Waals surface area contributed by atoms with Crippen molar-refractivity contribution in [2.24, 2.45) is 0 Å². The molecule has 0 N–H and O–H groups in total. The normalized spacial score (nSPS) is 9.43. The standard InChI is InChI=1S/C9H7ClN2.C2H6/c1-6-5-11-8-3-2-7(10)4-9(8)12-6;1-2/h2-5H,1H3;1-2H3. The van der Waals surface area contributed by atoms with E-state index in [1.165, 1.54) is 0 Å². The molecule has 1 heterocycles. The Morgan fingerprint density at radius 1 is 1.14 bits per heavy atom. The predicted octanol–water partition coefficient (Wildman–Crippen LogP) is 3.62. The lowest BCUT2D eigenvalue weighted by atomic mass is 10.3. The molecule has 14 heavy (non-hydrogen) atoms. The molecule has 2 nitrogen and oxygen atoms in total. The van der Waals surface area contributed by atoms with Crippen molar-refractivity contribution in [2.45, 2.75) is 20.8 Å². The van der Waals surface area contributed by atoms with E-state index in [0.717, 1.165) is 16.7 Å². The van der Waals surface area contributed by atoms with Crippen molar-refractivity contribution < 1.29 is 0 Å². The van der Waals surface area contributed by atoms with Crippen LogP contribution in [-0.2, 0) is 0 Å². The number of aryl methyl sites for hydroxylation is 1. The highest BCUT2D eigenvalue weighted by molar-refractivity contribution is 6.31. The number of fused-ring (bicyclic) bond motifs is 1. The Hall–Kier alpha value is -1.15. The molecule has 3 heteroatoms. The summed E-state index contributed by atoms with van der Waals surface area (Å²) in [5.74, 6) is 0. The summed E-state index contributed by atoms with van der Waals surface area (Å²) in [6, 6.07) is 5.49. The minimum atomic E-state index is 0.697. The van der Waals surface area contributed by atoms with E-state index in [0.29, 0.717) is 5.02 Å². The van der Waals surface area contributed by atoms with Gasteiger partial charge < -0.3 is 0 Å². The number of hydrogen-bond acceptors (Lipinski definition) is 2. The molecule has 0 aliphatic carbocycles. The van der Waals surface area contributed by atoms with Crippen LogP contribution in [-0.4, -0.2) is 9.97 Å². The third-order valence-corrected chi connectivity index (χ3v) is 1.86. The predicted molar refractivity (Wildman–Crippen MR) is 60.6 cm³/mol. The maximum atomic E-state index is 5.80. The Morgan fingerprint density at radius 2 is 1.86 bits per heavy atom. The van der Waals surface area contributed by atoms with Gasteiger partial charge in [-0.1, -0.05) is 25.4 Å². The molecule has 2 rings (SSSR count). The molecule has 0 aliphatic rings. The zero-order valence-corrected chi connectivity index (χ0v) is 9.34. The average Bonchev–Trinajstić information content (AvgIpc) is 2.20. The van der Waals surface area contributed by atoms with Crippen molar-refractivity contribution in [2.75, 3.05) is 0 Å². The van der Waals surface area contributed by atoms with Crippen LogP contribution >= 0.6 is 11.6 Å². The highest BCUT2D eigenvalue weighted by Gasteiger charge is 1.96. The summed E-state index contributed by atoms with van der Waals surface area (Å²) in [5.41, 5.74) is 2.64. The number of halogens is 1. The maximum Gasteiger partial charge on any atom is 0.0904 e. The van der Waals surface area contributed by atoms with Crippen LogP contribution in [0.3, 0.4) is 0 Å². The summed E-state index contributed by atoms with van der Waals surface area (Å²) >= 11 is 5.80. The first-order valence-corrected chi connectivity index (χ1v) is 5.02. The molecule has 0 spiro atoms. The molecule has 1 aromatic carbocycles. The van der Waals surface area contributed by atoms with Gasteiger partial charge in [-0.15, -0.1) is 0 Å². The van der Waals surface area contributed by atoms with E-state index in [1.54, 1.807) is 6.20 Å². The van der Waals surface area contributed by atoms with Crippen molar-refractivity contribution in [3.63, 3.8) is 0 Å². The van der Waals surface area contributed by atoms with Gasteiger partial charge in [0.15, 0.2) is 0 Å². The van der Waals surface area contributed by atoms with E-state index in [-0.39, 0.29) is 0 Å². The second-order valence-corrected chi connectivity index (χ2v) is 3.08. The van der Waals surface area contributed by atoms with Crippen LogP contribution in [0, 0.1) is 6.92 Å². The van der Waals surface area contributed by atoms with Crippen LogP contribution in [0.25, 0.3) is 11.0 Å². The van der Waals surface area contributed by atoms with Gasteiger partial charge in [-0.3, -0.25) is 4.98 Å². The SMILES string of the molecule is CC.Cc1cnc2ccc(Cl)cc2n1. The molecular formula is C11H13ClN2. The Labute approximate surface area is 89.0 Å². The number of hydrogen-bond donors (Lipinski definition) is 0. The van der Waals surface area contributed by atoms with Gasteiger partial charge in [0.1, 0.15) is 0 Å². The molecule has 0 atom stereocenters. The van der Waals surface area contributed by atoms with Crippen molar-refractivity contribution in [1.29, 1.82) is 0 Å². The molecule has 0 amide bonds. The van der Waals surface area contributed by atoms with Crippen LogP contribution in [0.5, 0.6) is 0 Å². The first-order valence-electron chi connectivity index (χ1n) is 4.64. The van der Waals surface area contributed by atoms with Crippen LogP contribution < -0.4 is 0 Å². The number of aromatic nitrogens is 2. The highest BCUT2D eigenvalue weighted by Crippen LogP contribution is 2.15. The largest absolute Gasteiger partial charge is 0.253 e. The van der Waals surface area contributed by atoms with Crippen molar-refractivity contribution >= 4 is 22.6 Å². The number of rotatable bonds is 0. The van der Waals surface area contributed by atoms with Gasteiger partial charge in [0.2, 0.25) is 0 Å². The third kappa shape index (κ3) is 2.42. The van der Waals surface area contributed by atoms with E-state index in [2.05, 4.69) is 9.97 Å². The third-order valence-electron chi connectivity index (χ3n) is 1.62. The fraction of sp³-hybridized carbons (Fsp3) is 0.273. The Morgan fingerprint density at radius 3 is 2.57 bits per heavy atom. The number of nitrogens with zero attached hydrogens (tertiary/aromatic N) is 2. The van der Waals surface area contributed by atoms with Gasteiger partial charge >= 0.3 is 0 Å². The maximum absolute atomic E-state index is 5.80. The van der Waals surface area contributed by atoms with Gasteiger partial charge in [-0.05, 0) is 25.1 Å². The molecule has 0 unspecified atom stereocenters. The lowest BCUT2D eigenvalue weighted by Gasteiger charge is -1.97. The summed E-state index contributed by atoms with van der Waals surface area (Å²) in [5, 5.41) is 0.697. The lowest BCUT2D eigenvalue weighted by Crippen LogP contribution is -1.85. The minimum absolute atomic E-state index is 0.697. The zero-order valence-electron chi connectivity index (χ0n) is 8.58. The van der Waals surface area contributed by atoms with E-state index in [1.807, 2.05) is 39.0 Å². The van der Waals surface area contributed by atoms with Crippen LogP contribution in [0.1, 0.15) is 19.5 Å². The molecule has 2 aromatic rings. The van der Waals surface area contributed by atoms with E-state index in [4.69, 9.17) is 11.6 Å². The van der Waals surface area contributed by atoms with E-state index >= 15 is 0 Å². The molecule has 0 radical (unpaired) electrons. The molecular weight excluding hydrogens is 196 g/mol. The summed E-state index contributed by atoms with van der Waals surface area (Å²) in [6.07, 6.45) is 1.75. The molecule has 0 bridgehead atoms. The van der Waals surface area contributed by atoms with Crippen molar-refractivity contribution in [3.8, 4) is 0 Å². The lowest BCUT2D eigenvalue weighted by molar-refractivity contribution is 1.19. The van der Waals surface area contributed by atoms with Crippen LogP contribution in [0.4, 0.5) is 0 Å². The Bertz CT molecular complexity index is 390. The smallest absolute Gasteiger partial charge is 0.0904 e. The zero-order chi connectivity index (χ0) is 10.6. The quantitative estimate of drug-likeness (QED) is 0.661. The molecule has 0 fully saturated rings. The summed E-state index contributed by atoms with van der Waals surface area (Å²) in [4.78, 5) is 8.49. The second-order valence-electron chi connectivity index (χ2n) is 2.64. The second kappa shape index (κ2) is 4.91. The average molecular weight is 209 g/mol. The van der Waals surface area contributed by atoms with Crippen molar-refractivity contribution in [3.05, 3.63) is 35.1 Å². The Kier molecular flexibility index (Phi) is 3.84. The first kappa shape index (κ1) is 10.9. The topological polar surface area (TPSA) is 25.8 Å². The van der Waals surface area contributed by atoms with E-state index < -0.39 is 0 Å². The minimum Gasteiger partial charge on any atom is -0.253 e. The van der Waals surface area contributed by atoms with Gasteiger partial charge in [0.25, 0.3) is 0 Å². The van der Waals surface area contributed by atoms with Gasteiger partial charge in [0.05, 0.1) is 16.7 Å². The fourth-order valence-electron chi connectivity index (χ4n) is 1.08. The summed E-state index contributed by atoms with van der Waals surface area (Å²) in [7, 11) is 0. The van der Waals surface area contributed by atoms with Gasteiger partial charge in [0, 0.05) is 11.2 Å². The first-order chi connectivity index (χ1) is 6.75. The molecule has 1 aromatic heterocycles. The Balaban J connectivity index is 0.000000461. The monoisotopic (exact) mass is 208 g/mol.